The van der Waals surface area contributed by atoms with Crippen molar-refractivity contribution in [1.29, 1.82) is 0 Å². The number of carbonyl (C=O) groups is 1. The number of halogens is 1. The third kappa shape index (κ3) is 7.07. The van der Waals surface area contributed by atoms with Gasteiger partial charge in [-0.1, -0.05) is 12.1 Å². The number of hydrogen-bond acceptors (Lipinski definition) is 3. The van der Waals surface area contributed by atoms with Crippen LogP contribution >= 0.6 is 0 Å². The molecule has 2 rings (SSSR count). The molecule has 1 aromatic heterocycles. The Labute approximate surface area is 146 Å². The topological polar surface area (TPSA) is 78.7 Å². The molecule has 1 aromatic carbocycles. The standard InChI is InChI=1S/C18H23FN4O2/c1-2-20-18(23-13-16-4-3-11-25-16)22-10-9-21-17(24)12-14-5-7-15(19)8-6-14/h3-8,11H,2,9-10,12-13H2,1H3,(H,21,24)(H2,20,22,23). The van der Waals surface area contributed by atoms with Crippen LogP contribution in [-0.4, -0.2) is 31.5 Å². The van der Waals surface area contributed by atoms with Gasteiger partial charge in [0.05, 0.1) is 12.7 Å². The fourth-order valence-electron chi connectivity index (χ4n) is 2.13. The predicted octanol–water partition coefficient (Wildman–Crippen LogP) is 1.83. The number of guanidine groups is 1. The van der Waals surface area contributed by atoms with E-state index in [1.165, 1.54) is 12.1 Å². The van der Waals surface area contributed by atoms with Crippen LogP contribution in [0.1, 0.15) is 18.2 Å². The molecule has 0 unspecified atom stereocenters. The highest BCUT2D eigenvalue weighted by molar-refractivity contribution is 5.80. The molecule has 0 radical (unpaired) electrons. The molecule has 2 aromatic rings. The Balaban J connectivity index is 1.69. The van der Waals surface area contributed by atoms with Crippen molar-refractivity contribution in [3.05, 3.63) is 59.8 Å². The van der Waals surface area contributed by atoms with Gasteiger partial charge in [0.25, 0.3) is 0 Å². The first kappa shape index (κ1) is 18.5. The summed E-state index contributed by atoms with van der Waals surface area (Å²) in [6.45, 7) is 4.17. The van der Waals surface area contributed by atoms with Gasteiger partial charge in [-0.3, -0.25) is 4.79 Å². The molecule has 0 aliphatic heterocycles. The zero-order valence-corrected chi connectivity index (χ0v) is 14.2. The van der Waals surface area contributed by atoms with Gasteiger partial charge < -0.3 is 20.4 Å². The van der Waals surface area contributed by atoms with E-state index in [0.29, 0.717) is 25.6 Å². The Hall–Kier alpha value is -2.83. The van der Waals surface area contributed by atoms with Crippen molar-refractivity contribution in [3.8, 4) is 0 Å². The highest BCUT2D eigenvalue weighted by Gasteiger charge is 2.04. The maximum absolute atomic E-state index is 12.8. The van der Waals surface area contributed by atoms with Gasteiger partial charge in [-0.15, -0.1) is 0 Å². The van der Waals surface area contributed by atoms with Crippen LogP contribution in [0.25, 0.3) is 0 Å². The third-order valence-electron chi connectivity index (χ3n) is 3.33. The van der Waals surface area contributed by atoms with Gasteiger partial charge in [-0.2, -0.15) is 0 Å². The van der Waals surface area contributed by atoms with Crippen LogP contribution in [0.5, 0.6) is 0 Å². The number of aliphatic imine (C=N–C) groups is 1. The number of nitrogens with one attached hydrogen (secondary N) is 3. The van der Waals surface area contributed by atoms with E-state index in [9.17, 15) is 9.18 Å². The van der Waals surface area contributed by atoms with E-state index in [0.717, 1.165) is 17.9 Å². The van der Waals surface area contributed by atoms with Crippen molar-refractivity contribution < 1.29 is 13.6 Å². The second-order valence-electron chi connectivity index (χ2n) is 5.35. The molecule has 25 heavy (non-hydrogen) atoms. The van der Waals surface area contributed by atoms with Crippen LogP contribution < -0.4 is 16.0 Å². The summed E-state index contributed by atoms with van der Waals surface area (Å²) in [5.41, 5.74) is 0.778. The van der Waals surface area contributed by atoms with Crippen LogP contribution in [0, 0.1) is 5.82 Å². The Morgan fingerprint density at radius 2 is 1.88 bits per heavy atom. The lowest BCUT2D eigenvalue weighted by molar-refractivity contribution is -0.120. The smallest absolute Gasteiger partial charge is 0.224 e. The van der Waals surface area contributed by atoms with Crippen LogP contribution in [0.3, 0.4) is 0 Å². The molecular formula is C18H23FN4O2. The highest BCUT2D eigenvalue weighted by Crippen LogP contribution is 2.03. The summed E-state index contributed by atoms with van der Waals surface area (Å²) < 4.78 is 18.1. The molecule has 0 atom stereocenters. The molecule has 0 fully saturated rings. The second kappa shape index (κ2) is 10.1. The van der Waals surface area contributed by atoms with Gasteiger partial charge in [-0.25, -0.2) is 9.38 Å². The second-order valence-corrected chi connectivity index (χ2v) is 5.35. The lowest BCUT2D eigenvalue weighted by atomic mass is 10.1. The van der Waals surface area contributed by atoms with Crippen LogP contribution in [-0.2, 0) is 17.8 Å². The minimum Gasteiger partial charge on any atom is -0.467 e. The maximum atomic E-state index is 12.8. The maximum Gasteiger partial charge on any atom is 0.224 e. The number of nitrogens with zero attached hydrogens (tertiary/aromatic N) is 1. The first-order valence-electron chi connectivity index (χ1n) is 8.23. The predicted molar refractivity (Wildman–Crippen MR) is 94.6 cm³/mol. The zero-order valence-electron chi connectivity index (χ0n) is 14.2. The van der Waals surface area contributed by atoms with Crippen molar-refractivity contribution in [3.63, 3.8) is 0 Å². The molecule has 0 spiro atoms. The fourth-order valence-corrected chi connectivity index (χ4v) is 2.13. The van der Waals surface area contributed by atoms with Gasteiger partial charge in [-0.05, 0) is 36.8 Å². The number of carbonyl (C=O) groups excluding carboxylic acids is 1. The molecule has 0 saturated carbocycles. The van der Waals surface area contributed by atoms with Crippen molar-refractivity contribution in [2.24, 2.45) is 4.99 Å². The van der Waals surface area contributed by atoms with E-state index in [1.54, 1.807) is 18.4 Å². The van der Waals surface area contributed by atoms with E-state index >= 15 is 0 Å². The first-order valence-corrected chi connectivity index (χ1v) is 8.23. The molecule has 134 valence electrons. The minimum absolute atomic E-state index is 0.106. The molecule has 6 nitrogen and oxygen atoms in total. The molecule has 0 saturated heterocycles. The van der Waals surface area contributed by atoms with Gasteiger partial charge >= 0.3 is 0 Å². The first-order chi connectivity index (χ1) is 12.2. The summed E-state index contributed by atoms with van der Waals surface area (Å²) in [7, 11) is 0. The average Bonchev–Trinajstić information content (AvgIpc) is 3.12. The van der Waals surface area contributed by atoms with E-state index < -0.39 is 0 Å². The van der Waals surface area contributed by atoms with E-state index in [2.05, 4.69) is 20.9 Å². The van der Waals surface area contributed by atoms with E-state index in [-0.39, 0.29) is 18.1 Å². The van der Waals surface area contributed by atoms with Crippen molar-refractivity contribution in [1.82, 2.24) is 16.0 Å². The van der Waals surface area contributed by atoms with Crippen molar-refractivity contribution in [2.75, 3.05) is 19.6 Å². The minimum atomic E-state index is -0.307. The molecule has 3 N–H and O–H groups in total. The van der Waals surface area contributed by atoms with Crippen molar-refractivity contribution in [2.45, 2.75) is 19.9 Å². The molecule has 0 aliphatic rings. The molecule has 1 amide bonds. The highest BCUT2D eigenvalue weighted by atomic mass is 19.1. The number of furan rings is 1. The van der Waals surface area contributed by atoms with Crippen LogP contribution in [0.4, 0.5) is 4.39 Å². The van der Waals surface area contributed by atoms with Gasteiger partial charge in [0.2, 0.25) is 5.91 Å². The number of amides is 1. The Morgan fingerprint density at radius 3 is 2.56 bits per heavy atom. The number of hydrogen-bond donors (Lipinski definition) is 3. The van der Waals surface area contributed by atoms with Gasteiger partial charge in [0, 0.05) is 19.6 Å². The lowest BCUT2D eigenvalue weighted by Crippen LogP contribution is -2.41. The summed E-state index contributed by atoms with van der Waals surface area (Å²) in [5, 5.41) is 9.09. The molecule has 0 bridgehead atoms. The van der Waals surface area contributed by atoms with E-state index in [4.69, 9.17) is 4.42 Å². The van der Waals surface area contributed by atoms with Gasteiger partial charge in [0.15, 0.2) is 5.96 Å². The summed E-state index contributed by atoms with van der Waals surface area (Å²) >= 11 is 0. The van der Waals surface area contributed by atoms with E-state index in [1.807, 2.05) is 19.1 Å². The van der Waals surface area contributed by atoms with Gasteiger partial charge in [0.1, 0.15) is 18.1 Å². The quantitative estimate of drug-likeness (QED) is 0.387. The molecule has 7 heteroatoms. The molecule has 1 heterocycles. The van der Waals surface area contributed by atoms with Crippen LogP contribution in [0.15, 0.2) is 52.1 Å². The summed E-state index contributed by atoms with van der Waals surface area (Å²) in [5.74, 6) is 1.03. The summed E-state index contributed by atoms with van der Waals surface area (Å²) in [6, 6.07) is 9.60. The Kier molecular flexibility index (Phi) is 7.49. The third-order valence-corrected chi connectivity index (χ3v) is 3.33. The van der Waals surface area contributed by atoms with Crippen LogP contribution in [0.2, 0.25) is 0 Å². The summed E-state index contributed by atoms with van der Waals surface area (Å²) in [6.07, 6.45) is 1.84. The largest absolute Gasteiger partial charge is 0.467 e. The normalized spacial score (nSPS) is 11.2. The Bertz CT molecular complexity index is 669. The Morgan fingerprint density at radius 1 is 1.12 bits per heavy atom. The average molecular weight is 346 g/mol. The SMILES string of the molecule is CCNC(=NCc1ccco1)NCCNC(=O)Cc1ccc(F)cc1. The molecular weight excluding hydrogens is 323 g/mol. The van der Waals surface area contributed by atoms with Crippen molar-refractivity contribution >= 4 is 11.9 Å². The zero-order chi connectivity index (χ0) is 17.9. The number of benzene rings is 1. The monoisotopic (exact) mass is 346 g/mol. The summed E-state index contributed by atoms with van der Waals surface area (Å²) in [4.78, 5) is 16.3. The lowest BCUT2D eigenvalue weighted by Gasteiger charge is -2.11. The number of rotatable bonds is 8. The molecule has 0 aliphatic carbocycles. The fraction of sp³-hybridized carbons (Fsp3) is 0.333.